The molecule has 0 unspecified atom stereocenters. The van der Waals surface area contributed by atoms with Gasteiger partial charge in [-0.25, -0.2) is 4.98 Å². The molecule has 4 rings (SSSR count). The Balaban J connectivity index is 1.35. The quantitative estimate of drug-likeness (QED) is 0.910. The van der Waals surface area contributed by atoms with E-state index in [0.717, 1.165) is 11.3 Å². The number of para-hydroxylation sites is 1. The van der Waals surface area contributed by atoms with Gasteiger partial charge in [-0.15, -0.1) is 0 Å². The molecule has 0 aliphatic carbocycles. The van der Waals surface area contributed by atoms with Crippen LogP contribution in [0.1, 0.15) is 18.4 Å². The number of hydrogen-bond acceptors (Lipinski definition) is 4. The molecule has 138 valence electrons. The van der Waals surface area contributed by atoms with E-state index in [1.807, 2.05) is 47.4 Å². The summed E-state index contributed by atoms with van der Waals surface area (Å²) in [5, 5.41) is 2.85. The molecule has 2 aliphatic heterocycles. The molecule has 6 nitrogen and oxygen atoms in total. The standard InChI is InChI=1S/C21H21N3O3/c25-20(23-19-7-3-4-10-22-19)15-8-11-24(12-9-15)21(26)17-13-16-5-1-2-6-18(16)27-14-17/h1-7,10,13,15H,8-9,11-12,14H2,(H,22,23,25). The van der Waals surface area contributed by atoms with E-state index in [-0.39, 0.29) is 24.3 Å². The predicted octanol–water partition coefficient (Wildman–Crippen LogP) is 2.73. The minimum absolute atomic E-state index is 0.00640. The number of pyridine rings is 1. The van der Waals surface area contributed by atoms with Crippen LogP contribution in [0.4, 0.5) is 5.82 Å². The molecule has 2 amide bonds. The third-order valence-electron chi connectivity index (χ3n) is 4.98. The average molecular weight is 363 g/mol. The minimum atomic E-state index is -0.103. The van der Waals surface area contributed by atoms with Gasteiger partial charge in [0.1, 0.15) is 18.2 Å². The van der Waals surface area contributed by atoms with Crippen molar-refractivity contribution in [3.63, 3.8) is 0 Å². The van der Waals surface area contributed by atoms with Crippen molar-refractivity contribution in [2.24, 2.45) is 5.92 Å². The number of hydrogen-bond donors (Lipinski definition) is 1. The maximum atomic E-state index is 12.8. The maximum absolute atomic E-state index is 12.8. The van der Waals surface area contributed by atoms with E-state index in [1.165, 1.54) is 0 Å². The second-order valence-electron chi connectivity index (χ2n) is 6.77. The van der Waals surface area contributed by atoms with E-state index in [9.17, 15) is 9.59 Å². The van der Waals surface area contributed by atoms with E-state index >= 15 is 0 Å². The molecule has 1 N–H and O–H groups in total. The summed E-state index contributed by atoms with van der Waals surface area (Å²) in [5.41, 5.74) is 1.59. The molecule has 0 atom stereocenters. The molecular formula is C21H21N3O3. The molecule has 6 heteroatoms. The first-order valence-corrected chi connectivity index (χ1v) is 9.14. The lowest BCUT2D eigenvalue weighted by molar-refractivity contribution is -0.131. The summed E-state index contributed by atoms with van der Waals surface area (Å²) in [6, 6.07) is 13.1. The van der Waals surface area contributed by atoms with Crippen molar-refractivity contribution in [3.8, 4) is 5.75 Å². The summed E-state index contributed by atoms with van der Waals surface area (Å²) >= 11 is 0. The molecule has 1 aromatic carbocycles. The number of carbonyl (C=O) groups is 2. The van der Waals surface area contributed by atoms with Gasteiger partial charge in [-0.3, -0.25) is 9.59 Å². The van der Waals surface area contributed by atoms with Crippen LogP contribution in [-0.2, 0) is 9.59 Å². The lowest BCUT2D eigenvalue weighted by Crippen LogP contribution is -2.42. The largest absolute Gasteiger partial charge is 0.488 e. The Bertz CT molecular complexity index is 871. The van der Waals surface area contributed by atoms with Crippen LogP contribution in [0.2, 0.25) is 0 Å². The Morgan fingerprint density at radius 2 is 1.85 bits per heavy atom. The number of nitrogens with zero attached hydrogens (tertiary/aromatic N) is 2. The third-order valence-corrected chi connectivity index (χ3v) is 4.98. The van der Waals surface area contributed by atoms with Gasteiger partial charge in [-0.1, -0.05) is 24.3 Å². The van der Waals surface area contributed by atoms with E-state index in [2.05, 4.69) is 10.3 Å². The van der Waals surface area contributed by atoms with Gasteiger partial charge in [0.2, 0.25) is 5.91 Å². The molecule has 1 aromatic heterocycles. The molecule has 2 aliphatic rings. The molecular weight excluding hydrogens is 342 g/mol. The van der Waals surface area contributed by atoms with Gasteiger partial charge in [0, 0.05) is 30.8 Å². The van der Waals surface area contributed by atoms with Gasteiger partial charge >= 0.3 is 0 Å². The smallest absolute Gasteiger partial charge is 0.253 e. The van der Waals surface area contributed by atoms with Crippen molar-refractivity contribution in [2.45, 2.75) is 12.8 Å². The first kappa shape index (κ1) is 17.3. The number of fused-ring (bicyclic) bond motifs is 1. The Kier molecular flexibility index (Phi) is 4.87. The Hall–Kier alpha value is -3.15. The van der Waals surface area contributed by atoms with Crippen LogP contribution >= 0.6 is 0 Å². The van der Waals surface area contributed by atoms with Crippen molar-refractivity contribution >= 4 is 23.7 Å². The number of amides is 2. The summed E-state index contributed by atoms with van der Waals surface area (Å²) in [4.78, 5) is 31.1. The first-order chi connectivity index (χ1) is 13.2. The van der Waals surface area contributed by atoms with Crippen LogP contribution < -0.4 is 10.1 Å². The van der Waals surface area contributed by atoms with Crippen molar-refractivity contribution in [1.29, 1.82) is 0 Å². The number of nitrogens with one attached hydrogen (secondary N) is 1. The molecule has 3 heterocycles. The topological polar surface area (TPSA) is 71.5 Å². The zero-order valence-corrected chi connectivity index (χ0v) is 14.9. The van der Waals surface area contributed by atoms with Crippen LogP contribution in [0.25, 0.3) is 6.08 Å². The summed E-state index contributed by atoms with van der Waals surface area (Å²) < 4.78 is 5.69. The fourth-order valence-electron chi connectivity index (χ4n) is 3.45. The third kappa shape index (κ3) is 3.84. The van der Waals surface area contributed by atoms with E-state index in [1.54, 1.807) is 12.3 Å². The van der Waals surface area contributed by atoms with Crippen molar-refractivity contribution in [1.82, 2.24) is 9.88 Å². The highest BCUT2D eigenvalue weighted by Gasteiger charge is 2.29. The number of benzene rings is 1. The van der Waals surface area contributed by atoms with Gasteiger partial charge in [0.15, 0.2) is 0 Å². The van der Waals surface area contributed by atoms with Crippen molar-refractivity contribution in [2.75, 3.05) is 25.0 Å². The molecule has 2 aromatic rings. The van der Waals surface area contributed by atoms with Gasteiger partial charge in [0.25, 0.3) is 5.91 Å². The van der Waals surface area contributed by atoms with Gasteiger partial charge in [-0.05, 0) is 37.1 Å². The fraction of sp³-hybridized carbons (Fsp3) is 0.286. The average Bonchev–Trinajstić information content (AvgIpc) is 2.73. The Morgan fingerprint density at radius 1 is 1.07 bits per heavy atom. The molecule has 0 spiro atoms. The summed E-state index contributed by atoms with van der Waals surface area (Å²) in [7, 11) is 0. The fourth-order valence-corrected chi connectivity index (χ4v) is 3.45. The zero-order valence-electron chi connectivity index (χ0n) is 14.9. The number of aromatic nitrogens is 1. The number of carbonyl (C=O) groups excluding carboxylic acids is 2. The summed E-state index contributed by atoms with van der Waals surface area (Å²) in [6.07, 6.45) is 4.85. The monoisotopic (exact) mass is 363 g/mol. The maximum Gasteiger partial charge on any atom is 0.253 e. The van der Waals surface area contributed by atoms with Crippen molar-refractivity contribution in [3.05, 3.63) is 59.8 Å². The minimum Gasteiger partial charge on any atom is -0.488 e. The summed E-state index contributed by atoms with van der Waals surface area (Å²) in [5.74, 6) is 1.22. The number of anilines is 1. The predicted molar refractivity (Wildman–Crippen MR) is 102 cm³/mol. The molecule has 27 heavy (non-hydrogen) atoms. The Morgan fingerprint density at radius 3 is 2.63 bits per heavy atom. The first-order valence-electron chi connectivity index (χ1n) is 9.14. The SMILES string of the molecule is O=C(Nc1ccccn1)C1CCN(C(=O)C2=Cc3ccccc3OC2)CC1. The molecule has 0 bridgehead atoms. The lowest BCUT2D eigenvalue weighted by Gasteiger charge is -2.32. The highest BCUT2D eigenvalue weighted by atomic mass is 16.5. The van der Waals surface area contributed by atoms with Crippen LogP contribution in [0.3, 0.4) is 0 Å². The van der Waals surface area contributed by atoms with E-state index in [4.69, 9.17) is 4.74 Å². The van der Waals surface area contributed by atoms with E-state index in [0.29, 0.717) is 37.3 Å². The lowest BCUT2D eigenvalue weighted by atomic mass is 9.95. The van der Waals surface area contributed by atoms with Crippen LogP contribution in [0.15, 0.2) is 54.2 Å². The number of likely N-dealkylation sites (tertiary alicyclic amines) is 1. The molecule has 0 saturated carbocycles. The Labute approximate surface area is 157 Å². The van der Waals surface area contributed by atoms with Gasteiger partial charge in [-0.2, -0.15) is 0 Å². The van der Waals surface area contributed by atoms with Crippen LogP contribution in [0, 0.1) is 5.92 Å². The zero-order chi connectivity index (χ0) is 18.6. The van der Waals surface area contributed by atoms with Gasteiger partial charge in [0.05, 0.1) is 5.57 Å². The van der Waals surface area contributed by atoms with E-state index < -0.39 is 0 Å². The normalized spacial score (nSPS) is 16.7. The molecule has 1 saturated heterocycles. The number of rotatable bonds is 3. The van der Waals surface area contributed by atoms with Crippen LogP contribution in [-0.4, -0.2) is 41.4 Å². The second-order valence-corrected chi connectivity index (χ2v) is 6.77. The highest BCUT2D eigenvalue weighted by Crippen LogP contribution is 2.27. The van der Waals surface area contributed by atoms with Gasteiger partial charge < -0.3 is 15.0 Å². The van der Waals surface area contributed by atoms with Crippen molar-refractivity contribution < 1.29 is 14.3 Å². The summed E-state index contributed by atoms with van der Waals surface area (Å²) in [6.45, 7) is 1.42. The second kappa shape index (κ2) is 7.61. The number of piperidine rings is 1. The number of ether oxygens (including phenoxy) is 1. The van der Waals surface area contributed by atoms with Crippen LogP contribution in [0.5, 0.6) is 5.75 Å². The molecule has 0 radical (unpaired) electrons. The highest BCUT2D eigenvalue weighted by molar-refractivity contribution is 5.99. The molecule has 1 fully saturated rings.